The van der Waals surface area contributed by atoms with Gasteiger partial charge in [0, 0.05) is 12.1 Å². The molecule has 0 spiro atoms. The molecule has 0 atom stereocenters. The average Bonchev–Trinajstić information content (AvgIpc) is 2.54. The summed E-state index contributed by atoms with van der Waals surface area (Å²) in [4.78, 5) is 4.36. The quantitative estimate of drug-likeness (QED) is 0.633. The Bertz CT molecular complexity index is 629. The summed E-state index contributed by atoms with van der Waals surface area (Å²) in [5, 5.41) is 0.559. The maximum absolute atomic E-state index is 5.86. The number of benzene rings is 2. The third-order valence-electron chi connectivity index (χ3n) is 3.03. The van der Waals surface area contributed by atoms with Crippen molar-refractivity contribution in [2.75, 3.05) is 5.75 Å². The van der Waals surface area contributed by atoms with Crippen molar-refractivity contribution in [2.45, 2.75) is 20.1 Å². The van der Waals surface area contributed by atoms with Crippen molar-refractivity contribution in [3.63, 3.8) is 0 Å². The molecule has 0 aliphatic carbocycles. The van der Waals surface area contributed by atoms with Gasteiger partial charge in [0.15, 0.2) is 5.17 Å². The van der Waals surface area contributed by atoms with Gasteiger partial charge in [-0.15, -0.1) is 0 Å². The lowest BCUT2D eigenvalue weighted by atomic mass is 10.1. The van der Waals surface area contributed by atoms with Gasteiger partial charge in [-0.1, -0.05) is 49.0 Å². The first-order valence-electron chi connectivity index (χ1n) is 7.19. The van der Waals surface area contributed by atoms with Crippen LogP contribution in [0.1, 0.15) is 18.1 Å². The molecular formula is C17H21N3OS. The molecule has 2 rings (SSSR count). The van der Waals surface area contributed by atoms with Crippen molar-refractivity contribution in [2.24, 2.45) is 16.5 Å². The largest absolute Gasteiger partial charge is 0.489 e. The van der Waals surface area contributed by atoms with E-state index in [0.29, 0.717) is 18.3 Å². The number of hydrogen-bond acceptors (Lipinski definition) is 4. The number of thioether (sulfide) groups is 1. The summed E-state index contributed by atoms with van der Waals surface area (Å²) in [5.74, 6) is 1.68. The SMILES string of the molecule is CCSC(N)=Nc1ccc(OCc2ccccc2)c(CN)c1. The third-order valence-corrected chi connectivity index (χ3v) is 3.71. The molecule has 2 aromatic rings. The van der Waals surface area contributed by atoms with E-state index in [2.05, 4.69) is 4.99 Å². The minimum Gasteiger partial charge on any atom is -0.489 e. The van der Waals surface area contributed by atoms with Crippen molar-refractivity contribution in [1.29, 1.82) is 0 Å². The molecule has 0 heterocycles. The van der Waals surface area contributed by atoms with E-state index in [-0.39, 0.29) is 0 Å². The summed E-state index contributed by atoms with van der Waals surface area (Å²) in [6, 6.07) is 15.7. The summed E-state index contributed by atoms with van der Waals surface area (Å²) in [5.41, 5.74) is 14.5. The molecule has 2 aromatic carbocycles. The number of amidine groups is 1. The zero-order chi connectivity index (χ0) is 15.8. The van der Waals surface area contributed by atoms with Crippen LogP contribution in [0.3, 0.4) is 0 Å². The highest BCUT2D eigenvalue weighted by Crippen LogP contribution is 2.25. The number of ether oxygens (including phenoxy) is 1. The van der Waals surface area contributed by atoms with Crippen LogP contribution < -0.4 is 16.2 Å². The number of hydrogen-bond donors (Lipinski definition) is 2. The average molecular weight is 315 g/mol. The van der Waals surface area contributed by atoms with Gasteiger partial charge < -0.3 is 16.2 Å². The van der Waals surface area contributed by atoms with Gasteiger partial charge in [-0.25, -0.2) is 4.99 Å². The van der Waals surface area contributed by atoms with Gasteiger partial charge in [-0.3, -0.25) is 0 Å². The van der Waals surface area contributed by atoms with Crippen LogP contribution in [-0.2, 0) is 13.2 Å². The van der Waals surface area contributed by atoms with Gasteiger partial charge >= 0.3 is 0 Å². The first kappa shape index (κ1) is 16.4. The Hall–Kier alpha value is -1.98. The Kier molecular flexibility index (Phi) is 6.30. The number of aliphatic imine (C=N–C) groups is 1. The maximum Gasteiger partial charge on any atom is 0.159 e. The molecule has 4 N–H and O–H groups in total. The molecule has 0 bridgehead atoms. The Morgan fingerprint density at radius 1 is 1.18 bits per heavy atom. The molecule has 0 aromatic heterocycles. The predicted molar refractivity (Wildman–Crippen MR) is 94.5 cm³/mol. The van der Waals surface area contributed by atoms with Gasteiger partial charge in [-0.2, -0.15) is 0 Å². The second-order valence-corrected chi connectivity index (χ2v) is 5.94. The summed E-state index contributed by atoms with van der Waals surface area (Å²) in [7, 11) is 0. The first-order valence-corrected chi connectivity index (χ1v) is 8.18. The lowest BCUT2D eigenvalue weighted by Gasteiger charge is -2.11. The molecule has 22 heavy (non-hydrogen) atoms. The van der Waals surface area contributed by atoms with E-state index in [1.165, 1.54) is 11.8 Å². The Morgan fingerprint density at radius 3 is 2.64 bits per heavy atom. The monoisotopic (exact) mass is 315 g/mol. The predicted octanol–water partition coefficient (Wildman–Crippen LogP) is 3.42. The first-order chi connectivity index (χ1) is 10.7. The molecule has 0 saturated carbocycles. The zero-order valence-corrected chi connectivity index (χ0v) is 13.5. The standard InChI is InChI=1S/C17H21N3OS/c1-2-22-17(19)20-15-8-9-16(14(10-15)11-18)21-12-13-6-4-3-5-7-13/h3-10H,2,11-12,18H2,1H3,(H2,19,20). The Labute approximate surface area is 135 Å². The van der Waals surface area contributed by atoms with E-state index in [0.717, 1.165) is 28.3 Å². The highest BCUT2D eigenvalue weighted by atomic mass is 32.2. The van der Waals surface area contributed by atoms with Gasteiger partial charge in [-0.05, 0) is 29.5 Å². The van der Waals surface area contributed by atoms with E-state index in [1.54, 1.807) is 0 Å². The van der Waals surface area contributed by atoms with Gasteiger partial charge in [0.1, 0.15) is 12.4 Å². The van der Waals surface area contributed by atoms with Crippen LogP contribution in [0.5, 0.6) is 5.75 Å². The fourth-order valence-electron chi connectivity index (χ4n) is 1.98. The topological polar surface area (TPSA) is 73.6 Å². The van der Waals surface area contributed by atoms with Crippen LogP contribution >= 0.6 is 11.8 Å². The Balaban J connectivity index is 2.10. The summed E-state index contributed by atoms with van der Waals surface area (Å²) in [6.45, 7) is 2.96. The van der Waals surface area contributed by atoms with Crippen LogP contribution in [0, 0.1) is 0 Å². The number of nitrogens with zero attached hydrogens (tertiary/aromatic N) is 1. The highest BCUT2D eigenvalue weighted by molar-refractivity contribution is 8.13. The molecule has 0 fully saturated rings. The van der Waals surface area contributed by atoms with Crippen LogP contribution in [0.2, 0.25) is 0 Å². The molecule has 4 nitrogen and oxygen atoms in total. The molecule has 0 aliphatic heterocycles. The summed E-state index contributed by atoms with van der Waals surface area (Å²) < 4.78 is 5.86. The van der Waals surface area contributed by atoms with Crippen molar-refractivity contribution in [3.05, 3.63) is 59.7 Å². The van der Waals surface area contributed by atoms with Gasteiger partial charge in [0.05, 0.1) is 5.69 Å². The highest BCUT2D eigenvalue weighted by Gasteiger charge is 2.05. The summed E-state index contributed by atoms with van der Waals surface area (Å²) >= 11 is 1.52. The van der Waals surface area contributed by atoms with E-state index < -0.39 is 0 Å². The molecule has 5 heteroatoms. The fraction of sp³-hybridized carbons (Fsp3) is 0.235. The van der Waals surface area contributed by atoms with Crippen molar-refractivity contribution in [1.82, 2.24) is 0 Å². The second-order valence-electron chi connectivity index (χ2n) is 4.65. The molecule has 0 radical (unpaired) electrons. The van der Waals surface area contributed by atoms with Crippen LogP contribution in [0.25, 0.3) is 0 Å². The normalized spacial score (nSPS) is 11.5. The Morgan fingerprint density at radius 2 is 1.95 bits per heavy atom. The third kappa shape index (κ3) is 4.79. The lowest BCUT2D eigenvalue weighted by Crippen LogP contribution is -2.06. The van der Waals surface area contributed by atoms with E-state index >= 15 is 0 Å². The lowest BCUT2D eigenvalue weighted by molar-refractivity contribution is 0.303. The van der Waals surface area contributed by atoms with Crippen molar-refractivity contribution >= 4 is 22.6 Å². The molecular weight excluding hydrogens is 294 g/mol. The minimum atomic E-state index is 0.397. The molecule has 0 saturated heterocycles. The second kappa shape index (κ2) is 8.46. The molecule has 116 valence electrons. The zero-order valence-electron chi connectivity index (χ0n) is 12.7. The minimum absolute atomic E-state index is 0.397. The van der Waals surface area contributed by atoms with Crippen LogP contribution in [-0.4, -0.2) is 10.9 Å². The molecule has 0 unspecified atom stereocenters. The fourth-order valence-corrected chi connectivity index (χ4v) is 2.44. The van der Waals surface area contributed by atoms with E-state index in [9.17, 15) is 0 Å². The number of nitrogens with two attached hydrogens (primary N) is 2. The van der Waals surface area contributed by atoms with E-state index in [1.807, 2.05) is 55.5 Å². The van der Waals surface area contributed by atoms with Gasteiger partial charge in [0.2, 0.25) is 0 Å². The number of rotatable bonds is 6. The molecule has 0 aliphatic rings. The van der Waals surface area contributed by atoms with Crippen molar-refractivity contribution in [3.8, 4) is 5.75 Å². The van der Waals surface area contributed by atoms with E-state index in [4.69, 9.17) is 16.2 Å². The maximum atomic E-state index is 5.86. The smallest absolute Gasteiger partial charge is 0.159 e. The van der Waals surface area contributed by atoms with Crippen LogP contribution in [0.4, 0.5) is 5.69 Å². The molecule has 0 amide bonds. The van der Waals surface area contributed by atoms with Crippen LogP contribution in [0.15, 0.2) is 53.5 Å². The van der Waals surface area contributed by atoms with Gasteiger partial charge in [0.25, 0.3) is 0 Å². The summed E-state index contributed by atoms with van der Waals surface area (Å²) in [6.07, 6.45) is 0. The van der Waals surface area contributed by atoms with Crippen molar-refractivity contribution < 1.29 is 4.74 Å².